The number of nitrogens with zero attached hydrogens (tertiary/aromatic N) is 1. The summed E-state index contributed by atoms with van der Waals surface area (Å²) >= 11 is 0. The number of aromatic nitrogens is 1. The van der Waals surface area contributed by atoms with Crippen molar-refractivity contribution in [1.29, 1.82) is 0 Å². The van der Waals surface area contributed by atoms with Gasteiger partial charge < -0.3 is 19.9 Å². The fourth-order valence-electron chi connectivity index (χ4n) is 3.66. The number of rotatable bonds is 7. The summed E-state index contributed by atoms with van der Waals surface area (Å²) in [6.45, 7) is 0.753. The van der Waals surface area contributed by atoms with Crippen LogP contribution in [0.15, 0.2) is 30.5 Å². The zero-order valence-corrected chi connectivity index (χ0v) is 19.5. The van der Waals surface area contributed by atoms with Gasteiger partial charge in [0, 0.05) is 29.5 Å². The molecule has 1 amide bonds. The van der Waals surface area contributed by atoms with Crippen LogP contribution in [0.5, 0.6) is 5.75 Å². The van der Waals surface area contributed by atoms with Crippen LogP contribution in [-0.4, -0.2) is 47.6 Å². The first-order valence-corrected chi connectivity index (χ1v) is 10.6. The highest BCUT2D eigenvalue weighted by Gasteiger charge is 2.51. The van der Waals surface area contributed by atoms with Crippen LogP contribution < -0.4 is 10.1 Å². The minimum absolute atomic E-state index is 0.279. The molecule has 1 aromatic heterocycles. The number of carbonyl (C=O) groups excluding carboxylic acids is 1. The van der Waals surface area contributed by atoms with Crippen molar-refractivity contribution >= 4 is 12.1 Å². The second-order valence-electron chi connectivity index (χ2n) is 8.71. The highest BCUT2D eigenvalue weighted by atomic mass is 19.4. The number of anilines is 1. The monoisotopic (exact) mass is 526 g/mol. The van der Waals surface area contributed by atoms with Crippen molar-refractivity contribution in [1.82, 2.24) is 4.98 Å². The zero-order chi connectivity index (χ0) is 27.3. The van der Waals surface area contributed by atoms with Crippen LogP contribution in [-0.2, 0) is 16.0 Å². The van der Waals surface area contributed by atoms with E-state index < -0.39 is 60.3 Å². The lowest BCUT2D eigenvalue weighted by atomic mass is 9.86. The molecular formula is C23H25F7N2O4. The van der Waals surface area contributed by atoms with E-state index in [-0.39, 0.29) is 5.56 Å². The molecule has 2 heterocycles. The SMILES string of the molecule is CC(C)(O)Cc1ccc(NC=O)cn1.CC1C(c2ccc(F)c(F)c2OC(F)F)COC1C(F)(F)F. The molecule has 200 valence electrons. The van der Waals surface area contributed by atoms with Gasteiger partial charge in [-0.3, -0.25) is 9.78 Å². The third kappa shape index (κ3) is 8.05. The molecule has 2 aromatic rings. The van der Waals surface area contributed by atoms with Crippen LogP contribution >= 0.6 is 0 Å². The van der Waals surface area contributed by atoms with Crippen molar-refractivity contribution in [2.75, 3.05) is 11.9 Å². The number of alkyl halides is 5. The average molecular weight is 526 g/mol. The van der Waals surface area contributed by atoms with E-state index in [0.29, 0.717) is 24.6 Å². The first-order valence-electron chi connectivity index (χ1n) is 10.6. The number of nitrogens with one attached hydrogen (secondary N) is 1. The van der Waals surface area contributed by atoms with Crippen molar-refractivity contribution in [3.8, 4) is 5.75 Å². The van der Waals surface area contributed by atoms with Gasteiger partial charge in [-0.15, -0.1) is 0 Å². The van der Waals surface area contributed by atoms with E-state index in [1.807, 2.05) is 0 Å². The number of hydrogen-bond acceptors (Lipinski definition) is 5. The molecule has 13 heteroatoms. The average Bonchev–Trinajstić information content (AvgIpc) is 3.14. The smallest absolute Gasteiger partial charge is 0.414 e. The molecule has 0 aliphatic carbocycles. The molecule has 3 unspecified atom stereocenters. The molecule has 3 rings (SSSR count). The quantitative estimate of drug-likeness (QED) is 0.383. The van der Waals surface area contributed by atoms with E-state index in [1.54, 1.807) is 32.2 Å². The van der Waals surface area contributed by atoms with Crippen LogP contribution in [0.3, 0.4) is 0 Å². The first-order chi connectivity index (χ1) is 16.6. The number of amides is 1. The topological polar surface area (TPSA) is 80.7 Å². The second kappa shape index (κ2) is 11.9. The van der Waals surface area contributed by atoms with Gasteiger partial charge in [0.15, 0.2) is 17.7 Å². The van der Waals surface area contributed by atoms with Crippen molar-refractivity contribution in [2.24, 2.45) is 5.92 Å². The molecule has 0 bridgehead atoms. The number of carbonyl (C=O) groups is 1. The molecule has 2 N–H and O–H groups in total. The maximum Gasteiger partial charge on any atom is 0.414 e. The van der Waals surface area contributed by atoms with Crippen molar-refractivity contribution < 1.29 is 50.1 Å². The third-order valence-electron chi connectivity index (χ3n) is 5.24. The van der Waals surface area contributed by atoms with Crippen LogP contribution in [0.1, 0.15) is 37.9 Å². The van der Waals surface area contributed by atoms with E-state index in [1.165, 1.54) is 6.92 Å². The predicted molar refractivity (Wildman–Crippen MR) is 115 cm³/mol. The summed E-state index contributed by atoms with van der Waals surface area (Å²) in [6, 6.07) is 5.11. The summed E-state index contributed by atoms with van der Waals surface area (Å²) in [5.74, 6) is -6.39. The van der Waals surface area contributed by atoms with Crippen molar-refractivity contribution in [3.63, 3.8) is 0 Å². The molecule has 1 aliphatic heterocycles. The number of ether oxygens (including phenoxy) is 2. The van der Waals surface area contributed by atoms with E-state index in [9.17, 15) is 40.6 Å². The Kier molecular flexibility index (Phi) is 9.66. The summed E-state index contributed by atoms with van der Waals surface area (Å²) in [4.78, 5) is 14.2. The Bertz CT molecular complexity index is 1010. The normalized spacial score (nSPS) is 20.1. The molecule has 0 radical (unpaired) electrons. The molecule has 3 atom stereocenters. The zero-order valence-electron chi connectivity index (χ0n) is 19.5. The van der Waals surface area contributed by atoms with Crippen LogP contribution in [0.2, 0.25) is 0 Å². The number of aliphatic hydroxyl groups is 1. The lowest BCUT2D eigenvalue weighted by Crippen LogP contribution is -2.33. The van der Waals surface area contributed by atoms with E-state index in [4.69, 9.17) is 0 Å². The molecule has 1 fully saturated rings. The Morgan fingerprint density at radius 3 is 2.36 bits per heavy atom. The number of benzene rings is 1. The maximum absolute atomic E-state index is 13.6. The molecular weight excluding hydrogens is 501 g/mol. The number of halogens is 7. The molecule has 0 saturated carbocycles. The maximum atomic E-state index is 13.6. The summed E-state index contributed by atoms with van der Waals surface area (Å²) in [5, 5.41) is 12.0. The minimum Gasteiger partial charge on any atom is -0.431 e. The van der Waals surface area contributed by atoms with Crippen molar-refractivity contribution in [3.05, 3.63) is 53.4 Å². The van der Waals surface area contributed by atoms with Crippen molar-refractivity contribution in [2.45, 2.75) is 57.6 Å². The summed E-state index contributed by atoms with van der Waals surface area (Å²) in [6.07, 6.45) is -4.09. The molecule has 1 aromatic carbocycles. The third-order valence-corrected chi connectivity index (χ3v) is 5.24. The largest absolute Gasteiger partial charge is 0.431 e. The first kappa shape index (κ1) is 29.3. The summed E-state index contributed by atoms with van der Waals surface area (Å²) < 4.78 is 98.3. The Balaban J connectivity index is 0.000000281. The molecule has 1 aliphatic rings. The Labute approximate surface area is 202 Å². The minimum atomic E-state index is -4.64. The Morgan fingerprint density at radius 2 is 1.89 bits per heavy atom. The van der Waals surface area contributed by atoms with E-state index in [0.717, 1.165) is 11.8 Å². The van der Waals surface area contributed by atoms with Gasteiger partial charge in [-0.05, 0) is 32.0 Å². The van der Waals surface area contributed by atoms with Gasteiger partial charge in [0.25, 0.3) is 0 Å². The second-order valence-corrected chi connectivity index (χ2v) is 8.71. The number of pyridine rings is 1. The van der Waals surface area contributed by atoms with Gasteiger partial charge in [0.2, 0.25) is 12.2 Å². The fourth-order valence-corrected chi connectivity index (χ4v) is 3.66. The highest BCUT2D eigenvalue weighted by Crippen LogP contribution is 2.45. The highest BCUT2D eigenvalue weighted by molar-refractivity contribution is 5.70. The van der Waals surface area contributed by atoms with Crippen LogP contribution in [0.25, 0.3) is 0 Å². The van der Waals surface area contributed by atoms with Gasteiger partial charge in [-0.25, -0.2) is 4.39 Å². The van der Waals surface area contributed by atoms with Gasteiger partial charge >= 0.3 is 12.8 Å². The summed E-state index contributed by atoms with van der Waals surface area (Å²) in [5.41, 5.74) is 0.416. The van der Waals surface area contributed by atoms with E-state index >= 15 is 0 Å². The Morgan fingerprint density at radius 1 is 1.22 bits per heavy atom. The summed E-state index contributed by atoms with van der Waals surface area (Å²) in [7, 11) is 0. The molecule has 36 heavy (non-hydrogen) atoms. The van der Waals surface area contributed by atoms with Gasteiger partial charge in [-0.1, -0.05) is 13.0 Å². The van der Waals surface area contributed by atoms with Gasteiger partial charge in [0.05, 0.1) is 24.1 Å². The number of hydrogen-bond donors (Lipinski definition) is 2. The van der Waals surface area contributed by atoms with Crippen LogP contribution in [0.4, 0.5) is 36.4 Å². The molecule has 6 nitrogen and oxygen atoms in total. The van der Waals surface area contributed by atoms with Crippen LogP contribution in [0, 0.1) is 17.6 Å². The standard InChI is InChI=1S/C13H11F7O2.C10H14N2O2/c1-5-7(4-21-11(5)13(18,19)20)6-2-3-8(14)9(15)10(6)22-12(16)17;1-10(2,14)5-8-3-4-9(6-11-8)12-7-13/h2-3,5,7,11-12H,4H2,1H3;3-4,6-7,14H,5H2,1-2H3,(H,12,13). The molecule has 0 spiro atoms. The Hall–Kier alpha value is -2.93. The fraction of sp³-hybridized carbons (Fsp3) is 0.478. The predicted octanol–water partition coefficient (Wildman–Crippen LogP) is 5.21. The lowest BCUT2D eigenvalue weighted by molar-refractivity contribution is -0.215. The molecule has 1 saturated heterocycles. The van der Waals surface area contributed by atoms with E-state index in [2.05, 4.69) is 19.8 Å². The lowest BCUT2D eigenvalue weighted by Gasteiger charge is -2.22. The van der Waals surface area contributed by atoms with Gasteiger partial charge in [-0.2, -0.15) is 26.3 Å². The van der Waals surface area contributed by atoms with Gasteiger partial charge in [0.1, 0.15) is 0 Å².